The Morgan fingerprint density at radius 1 is 1.20 bits per heavy atom. The fraction of sp³-hybridized carbons (Fsp3) is 1.00. The quantitative estimate of drug-likeness (QED) is 0.684. The number of rotatable bonds is 4. The summed E-state index contributed by atoms with van der Waals surface area (Å²) >= 11 is 0. The number of hydrogen-bond donors (Lipinski definition) is 0. The van der Waals surface area contributed by atoms with Gasteiger partial charge >= 0.3 is 0 Å². The first kappa shape index (κ1) is 11.4. The summed E-state index contributed by atoms with van der Waals surface area (Å²) < 4.78 is 0. The van der Waals surface area contributed by atoms with Crippen molar-refractivity contribution in [3.63, 3.8) is 0 Å². The summed E-state index contributed by atoms with van der Waals surface area (Å²) in [4.78, 5) is 2.77. The van der Waals surface area contributed by atoms with Crippen LogP contribution in [0.5, 0.6) is 0 Å². The zero-order valence-corrected chi connectivity index (χ0v) is 10.9. The molecule has 88 valence electrons. The Kier molecular flexibility index (Phi) is 3.12. The van der Waals surface area contributed by atoms with Gasteiger partial charge in [0.15, 0.2) is 0 Å². The van der Waals surface area contributed by atoms with Crippen LogP contribution in [0.4, 0.5) is 0 Å². The minimum absolute atomic E-state index is 0.575. The molecule has 0 spiro atoms. The van der Waals surface area contributed by atoms with Crippen LogP contribution in [0, 0.1) is 17.3 Å². The number of likely N-dealkylation sites (tertiary alicyclic amines) is 1. The van der Waals surface area contributed by atoms with Crippen LogP contribution in [0.2, 0.25) is 0 Å². The van der Waals surface area contributed by atoms with Gasteiger partial charge in [0.1, 0.15) is 0 Å². The molecule has 1 atom stereocenters. The molecule has 1 saturated carbocycles. The molecule has 1 unspecified atom stereocenters. The van der Waals surface area contributed by atoms with Crippen molar-refractivity contribution >= 4 is 0 Å². The Morgan fingerprint density at radius 3 is 2.40 bits per heavy atom. The summed E-state index contributed by atoms with van der Waals surface area (Å²) in [5, 5.41) is 0. The van der Waals surface area contributed by atoms with E-state index < -0.39 is 0 Å². The Bertz CT molecular complexity index is 215. The minimum Gasteiger partial charge on any atom is -0.300 e. The molecule has 1 aliphatic heterocycles. The van der Waals surface area contributed by atoms with Gasteiger partial charge in [-0.25, -0.2) is 0 Å². The molecule has 0 aromatic rings. The third-order valence-electron chi connectivity index (χ3n) is 4.45. The fourth-order valence-electron chi connectivity index (χ4n) is 3.46. The monoisotopic (exact) mass is 209 g/mol. The van der Waals surface area contributed by atoms with E-state index in [1.165, 1.54) is 38.8 Å². The van der Waals surface area contributed by atoms with Crippen LogP contribution >= 0.6 is 0 Å². The van der Waals surface area contributed by atoms with E-state index in [0.29, 0.717) is 5.41 Å². The van der Waals surface area contributed by atoms with E-state index in [2.05, 4.69) is 32.6 Å². The topological polar surface area (TPSA) is 3.24 Å². The predicted octanol–water partition coefficient (Wildman–Crippen LogP) is 3.54. The Hall–Kier alpha value is -0.0400. The molecule has 0 N–H and O–H groups in total. The van der Waals surface area contributed by atoms with Gasteiger partial charge in [0.05, 0.1) is 0 Å². The highest BCUT2D eigenvalue weighted by Gasteiger charge is 2.46. The maximum atomic E-state index is 2.77. The lowest BCUT2D eigenvalue weighted by Crippen LogP contribution is -2.43. The van der Waals surface area contributed by atoms with E-state index in [0.717, 1.165) is 17.9 Å². The summed E-state index contributed by atoms with van der Waals surface area (Å²) in [6.45, 7) is 12.4. The van der Waals surface area contributed by atoms with Crippen molar-refractivity contribution in [3.8, 4) is 0 Å². The summed E-state index contributed by atoms with van der Waals surface area (Å²) in [7, 11) is 0. The highest BCUT2D eigenvalue weighted by atomic mass is 15.2. The molecule has 0 amide bonds. The van der Waals surface area contributed by atoms with Crippen molar-refractivity contribution in [2.24, 2.45) is 17.3 Å². The maximum Gasteiger partial charge on any atom is 0.0150 e. The molecule has 0 radical (unpaired) electrons. The van der Waals surface area contributed by atoms with E-state index in [1.54, 1.807) is 0 Å². The molecule has 1 saturated heterocycles. The highest BCUT2D eigenvalue weighted by Crippen LogP contribution is 2.50. The van der Waals surface area contributed by atoms with Crippen molar-refractivity contribution in [1.82, 2.24) is 4.90 Å². The molecule has 15 heavy (non-hydrogen) atoms. The summed E-state index contributed by atoms with van der Waals surface area (Å²) in [6.07, 6.45) is 5.84. The molecule has 1 heteroatoms. The Labute approximate surface area is 95.2 Å². The van der Waals surface area contributed by atoms with Gasteiger partial charge < -0.3 is 0 Å². The summed E-state index contributed by atoms with van der Waals surface area (Å²) in [5.41, 5.74) is 0.575. The van der Waals surface area contributed by atoms with Gasteiger partial charge in [0, 0.05) is 12.6 Å². The van der Waals surface area contributed by atoms with Crippen molar-refractivity contribution in [2.75, 3.05) is 13.1 Å². The number of nitrogens with zero attached hydrogens (tertiary/aromatic N) is 1. The standard InChI is InChI=1S/C14H27N/c1-11(2)10-15-9-5-6-13(15)14(3,4)12-7-8-12/h11-13H,5-10H2,1-4H3. The van der Waals surface area contributed by atoms with Gasteiger partial charge in [0.2, 0.25) is 0 Å². The molecule has 1 aliphatic carbocycles. The van der Waals surface area contributed by atoms with E-state index >= 15 is 0 Å². The fourth-order valence-corrected chi connectivity index (χ4v) is 3.46. The highest BCUT2D eigenvalue weighted by molar-refractivity contribution is 4.99. The summed E-state index contributed by atoms with van der Waals surface area (Å²) in [6, 6.07) is 0.868. The average molecular weight is 209 g/mol. The average Bonchev–Trinajstić information content (AvgIpc) is 2.88. The van der Waals surface area contributed by atoms with E-state index in [4.69, 9.17) is 0 Å². The largest absolute Gasteiger partial charge is 0.300 e. The van der Waals surface area contributed by atoms with Crippen LogP contribution in [0.25, 0.3) is 0 Å². The van der Waals surface area contributed by atoms with Crippen LogP contribution in [0.3, 0.4) is 0 Å². The lowest BCUT2D eigenvalue weighted by atomic mass is 9.78. The third kappa shape index (κ3) is 2.38. The van der Waals surface area contributed by atoms with Gasteiger partial charge in [-0.05, 0) is 49.5 Å². The van der Waals surface area contributed by atoms with Crippen LogP contribution in [0.1, 0.15) is 53.4 Å². The van der Waals surface area contributed by atoms with Gasteiger partial charge in [-0.3, -0.25) is 4.90 Å². The first-order valence-corrected chi connectivity index (χ1v) is 6.76. The van der Waals surface area contributed by atoms with Crippen LogP contribution < -0.4 is 0 Å². The molecule has 2 fully saturated rings. The number of hydrogen-bond acceptors (Lipinski definition) is 1. The lowest BCUT2D eigenvalue weighted by Gasteiger charge is -2.39. The van der Waals surface area contributed by atoms with E-state index in [9.17, 15) is 0 Å². The van der Waals surface area contributed by atoms with Gasteiger partial charge in [-0.15, -0.1) is 0 Å². The zero-order valence-electron chi connectivity index (χ0n) is 10.9. The predicted molar refractivity (Wildman–Crippen MR) is 65.9 cm³/mol. The normalized spacial score (nSPS) is 29.0. The SMILES string of the molecule is CC(C)CN1CCCC1C(C)(C)C1CC1. The summed E-state index contributed by atoms with van der Waals surface area (Å²) in [5.74, 6) is 1.84. The van der Waals surface area contributed by atoms with E-state index in [-0.39, 0.29) is 0 Å². The molecule has 1 nitrogen and oxygen atoms in total. The first-order valence-electron chi connectivity index (χ1n) is 6.76. The van der Waals surface area contributed by atoms with E-state index in [1.807, 2.05) is 0 Å². The maximum absolute atomic E-state index is 2.77. The van der Waals surface area contributed by atoms with Gasteiger partial charge in [0.25, 0.3) is 0 Å². The minimum atomic E-state index is 0.575. The van der Waals surface area contributed by atoms with Crippen LogP contribution in [-0.4, -0.2) is 24.0 Å². The second-order valence-corrected chi connectivity index (χ2v) is 6.64. The molecule has 2 aliphatic rings. The van der Waals surface area contributed by atoms with Crippen molar-refractivity contribution in [3.05, 3.63) is 0 Å². The first-order chi connectivity index (χ1) is 7.01. The molecule has 2 rings (SSSR count). The smallest absolute Gasteiger partial charge is 0.0150 e. The second kappa shape index (κ2) is 4.08. The van der Waals surface area contributed by atoms with Crippen molar-refractivity contribution < 1.29 is 0 Å². The molecule has 0 bridgehead atoms. The third-order valence-corrected chi connectivity index (χ3v) is 4.45. The van der Waals surface area contributed by atoms with Gasteiger partial charge in [-0.2, -0.15) is 0 Å². The zero-order chi connectivity index (χ0) is 11.1. The molecule has 0 aromatic carbocycles. The van der Waals surface area contributed by atoms with Crippen molar-refractivity contribution in [1.29, 1.82) is 0 Å². The molecular weight excluding hydrogens is 182 g/mol. The molecule has 0 aromatic heterocycles. The van der Waals surface area contributed by atoms with Crippen LogP contribution in [-0.2, 0) is 0 Å². The second-order valence-electron chi connectivity index (χ2n) is 6.64. The lowest BCUT2D eigenvalue weighted by molar-refractivity contribution is 0.0960. The molecular formula is C14H27N. The molecule has 1 heterocycles. The van der Waals surface area contributed by atoms with Crippen molar-refractivity contribution in [2.45, 2.75) is 59.4 Å². The Balaban J connectivity index is 2.00. The Morgan fingerprint density at radius 2 is 1.87 bits per heavy atom. The van der Waals surface area contributed by atoms with Crippen LogP contribution in [0.15, 0.2) is 0 Å². The van der Waals surface area contributed by atoms with Gasteiger partial charge in [-0.1, -0.05) is 27.7 Å².